The molecule has 0 fully saturated rings. The molecule has 0 bridgehead atoms. The molecule has 0 aliphatic carbocycles. The van der Waals surface area contributed by atoms with Crippen molar-refractivity contribution in [1.82, 2.24) is 5.32 Å². The standard InChI is InChI=1S/C40H75N2O6P/c1-3-5-7-9-11-13-15-17-18-19-20-22-23-25-27-29-31-33-39(43)38(37-48-49(45,46)47-36-35-41)42-40(44)34-32-30-28-26-24-21-16-14-12-10-8-6-4-2/h8,10,14,16,23,25,31,33,38-39,43H,3-7,9,11-13,15,17-22,24,26-30,32,34-37,41H2,1-2H3,(H,42,44)(H,45,46)/b10-8-,16-14-,25-23+,33-31+. The molecule has 286 valence electrons. The molecule has 5 N–H and O–H groups in total. The Morgan fingerprint density at radius 2 is 1.18 bits per heavy atom. The number of hydrogen-bond donors (Lipinski definition) is 4. The second-order valence-corrected chi connectivity index (χ2v) is 14.6. The van der Waals surface area contributed by atoms with Gasteiger partial charge >= 0.3 is 7.82 Å². The lowest BCUT2D eigenvalue weighted by Gasteiger charge is -2.23. The SMILES string of the molecule is CCC/C=C\C/C=C\CCCCCCCC(=O)NC(COP(=O)(O)OCCN)C(O)/C=C/CC/C=C/CCCCCCCCCCCCC. The summed E-state index contributed by atoms with van der Waals surface area (Å²) < 4.78 is 22.0. The van der Waals surface area contributed by atoms with Gasteiger partial charge in [0.25, 0.3) is 0 Å². The van der Waals surface area contributed by atoms with E-state index in [-0.39, 0.29) is 25.7 Å². The zero-order chi connectivity index (χ0) is 36.1. The maximum Gasteiger partial charge on any atom is 0.472 e. The minimum Gasteiger partial charge on any atom is -0.387 e. The minimum absolute atomic E-state index is 0.0701. The molecule has 0 radical (unpaired) electrons. The van der Waals surface area contributed by atoms with E-state index in [1.54, 1.807) is 6.08 Å². The van der Waals surface area contributed by atoms with E-state index in [1.165, 1.54) is 77.0 Å². The van der Waals surface area contributed by atoms with Gasteiger partial charge in [0, 0.05) is 13.0 Å². The highest BCUT2D eigenvalue weighted by molar-refractivity contribution is 7.47. The summed E-state index contributed by atoms with van der Waals surface area (Å²) in [7, 11) is -4.35. The van der Waals surface area contributed by atoms with Crippen molar-refractivity contribution in [1.29, 1.82) is 0 Å². The zero-order valence-corrected chi connectivity index (χ0v) is 32.3. The van der Waals surface area contributed by atoms with Gasteiger partial charge in [0.1, 0.15) is 0 Å². The molecule has 0 rings (SSSR count). The lowest BCUT2D eigenvalue weighted by atomic mass is 10.1. The Hall–Kier alpha value is -1.54. The van der Waals surface area contributed by atoms with Gasteiger partial charge in [0.2, 0.25) is 5.91 Å². The average Bonchev–Trinajstić information content (AvgIpc) is 3.09. The summed E-state index contributed by atoms with van der Waals surface area (Å²) in [6.07, 6.45) is 43.0. The summed E-state index contributed by atoms with van der Waals surface area (Å²) >= 11 is 0. The largest absolute Gasteiger partial charge is 0.472 e. The molecule has 0 saturated heterocycles. The first-order valence-corrected chi connectivity index (χ1v) is 21.3. The molecule has 0 aromatic rings. The van der Waals surface area contributed by atoms with Gasteiger partial charge in [-0.05, 0) is 57.8 Å². The quantitative estimate of drug-likeness (QED) is 0.0289. The number of carbonyl (C=O) groups is 1. The molecule has 9 heteroatoms. The molecule has 0 aromatic heterocycles. The normalized spacial score (nSPS) is 14.8. The number of allylic oxidation sites excluding steroid dienone is 7. The summed E-state index contributed by atoms with van der Waals surface area (Å²) in [5.74, 6) is -0.221. The number of carbonyl (C=O) groups excluding carboxylic acids is 1. The van der Waals surface area contributed by atoms with Crippen LogP contribution in [0.3, 0.4) is 0 Å². The molecule has 0 aliphatic rings. The van der Waals surface area contributed by atoms with Crippen LogP contribution in [0, 0.1) is 0 Å². The average molecular weight is 711 g/mol. The summed E-state index contributed by atoms with van der Waals surface area (Å²) in [6.45, 7) is 4.02. The van der Waals surface area contributed by atoms with Crippen molar-refractivity contribution in [3.8, 4) is 0 Å². The van der Waals surface area contributed by atoms with E-state index in [2.05, 4.69) is 55.6 Å². The molecule has 0 aromatic carbocycles. The van der Waals surface area contributed by atoms with E-state index in [1.807, 2.05) is 6.08 Å². The van der Waals surface area contributed by atoms with E-state index >= 15 is 0 Å². The van der Waals surface area contributed by atoms with Crippen LogP contribution >= 0.6 is 7.82 Å². The Bertz CT molecular complexity index is 907. The number of unbranched alkanes of at least 4 members (excludes halogenated alkanes) is 18. The summed E-state index contributed by atoms with van der Waals surface area (Å²) in [6, 6.07) is -0.883. The number of rotatable bonds is 36. The lowest BCUT2D eigenvalue weighted by Crippen LogP contribution is -2.45. The van der Waals surface area contributed by atoms with Gasteiger partial charge in [-0.25, -0.2) is 4.57 Å². The van der Waals surface area contributed by atoms with Crippen LogP contribution in [0.1, 0.15) is 168 Å². The van der Waals surface area contributed by atoms with Crippen molar-refractivity contribution in [2.24, 2.45) is 5.73 Å². The Kier molecular flexibility index (Phi) is 35.1. The van der Waals surface area contributed by atoms with Gasteiger partial charge in [0.15, 0.2) is 0 Å². The molecule has 3 unspecified atom stereocenters. The van der Waals surface area contributed by atoms with Gasteiger partial charge in [-0.15, -0.1) is 0 Å². The molecule has 3 atom stereocenters. The first-order valence-electron chi connectivity index (χ1n) is 19.8. The second kappa shape index (κ2) is 36.3. The molecule has 0 aliphatic heterocycles. The minimum atomic E-state index is -4.35. The molecule has 0 spiro atoms. The fourth-order valence-corrected chi connectivity index (χ4v) is 6.12. The van der Waals surface area contributed by atoms with Crippen LogP contribution < -0.4 is 11.1 Å². The highest BCUT2D eigenvalue weighted by Crippen LogP contribution is 2.43. The van der Waals surface area contributed by atoms with Gasteiger partial charge in [-0.3, -0.25) is 13.8 Å². The number of phosphoric ester groups is 1. The molecular formula is C40H75N2O6P. The number of hydrogen-bond acceptors (Lipinski definition) is 6. The number of aliphatic hydroxyl groups excluding tert-OH is 1. The van der Waals surface area contributed by atoms with Crippen molar-refractivity contribution < 1.29 is 28.4 Å². The van der Waals surface area contributed by atoms with Gasteiger partial charge in [-0.2, -0.15) is 0 Å². The molecule has 49 heavy (non-hydrogen) atoms. The molecule has 1 amide bonds. The van der Waals surface area contributed by atoms with E-state index in [0.717, 1.165) is 70.6 Å². The van der Waals surface area contributed by atoms with Crippen molar-refractivity contribution in [2.75, 3.05) is 19.8 Å². The summed E-state index contributed by atoms with van der Waals surface area (Å²) in [5.41, 5.74) is 5.35. The van der Waals surface area contributed by atoms with Crippen molar-refractivity contribution in [3.63, 3.8) is 0 Å². The monoisotopic (exact) mass is 711 g/mol. The summed E-state index contributed by atoms with van der Waals surface area (Å²) in [5, 5.41) is 13.6. The first kappa shape index (κ1) is 47.5. The summed E-state index contributed by atoms with van der Waals surface area (Å²) in [4.78, 5) is 22.6. The zero-order valence-electron chi connectivity index (χ0n) is 31.4. The van der Waals surface area contributed by atoms with Crippen LogP contribution in [0.5, 0.6) is 0 Å². The van der Waals surface area contributed by atoms with Crippen LogP contribution in [0.4, 0.5) is 0 Å². The van der Waals surface area contributed by atoms with Crippen LogP contribution in [-0.2, 0) is 18.4 Å². The predicted molar refractivity (Wildman–Crippen MR) is 207 cm³/mol. The van der Waals surface area contributed by atoms with Crippen molar-refractivity contribution >= 4 is 13.7 Å². The number of nitrogens with one attached hydrogen (secondary N) is 1. The first-order chi connectivity index (χ1) is 23.9. The predicted octanol–water partition coefficient (Wildman–Crippen LogP) is 10.6. The topological polar surface area (TPSA) is 131 Å². The third-order valence-electron chi connectivity index (χ3n) is 8.36. The molecular weight excluding hydrogens is 635 g/mol. The smallest absolute Gasteiger partial charge is 0.387 e. The van der Waals surface area contributed by atoms with Gasteiger partial charge in [0.05, 0.1) is 25.4 Å². The van der Waals surface area contributed by atoms with E-state index in [9.17, 15) is 19.4 Å². The fourth-order valence-electron chi connectivity index (χ4n) is 5.36. The second-order valence-electron chi connectivity index (χ2n) is 13.1. The van der Waals surface area contributed by atoms with Crippen LogP contribution in [0.25, 0.3) is 0 Å². The number of aliphatic hydroxyl groups is 1. The number of phosphoric acid groups is 1. The maximum atomic E-state index is 12.7. The third-order valence-corrected chi connectivity index (χ3v) is 9.34. The van der Waals surface area contributed by atoms with E-state index < -0.39 is 20.0 Å². The maximum absolute atomic E-state index is 12.7. The highest BCUT2D eigenvalue weighted by Gasteiger charge is 2.26. The van der Waals surface area contributed by atoms with Crippen LogP contribution in [0.2, 0.25) is 0 Å². The third kappa shape index (κ3) is 34.7. The molecule has 8 nitrogen and oxygen atoms in total. The van der Waals surface area contributed by atoms with Crippen LogP contribution in [-0.4, -0.2) is 47.8 Å². The Morgan fingerprint density at radius 3 is 1.78 bits per heavy atom. The Balaban J connectivity index is 4.36. The van der Waals surface area contributed by atoms with Gasteiger partial charge in [-0.1, -0.05) is 152 Å². The number of nitrogens with two attached hydrogens (primary N) is 1. The molecule has 0 saturated carbocycles. The highest BCUT2D eigenvalue weighted by atomic mass is 31.2. The lowest BCUT2D eigenvalue weighted by molar-refractivity contribution is -0.123. The Morgan fingerprint density at radius 1 is 0.673 bits per heavy atom. The van der Waals surface area contributed by atoms with E-state index in [0.29, 0.717) is 6.42 Å². The molecule has 0 heterocycles. The van der Waals surface area contributed by atoms with E-state index in [4.69, 9.17) is 14.8 Å². The van der Waals surface area contributed by atoms with Crippen molar-refractivity contribution in [3.05, 3.63) is 48.6 Å². The van der Waals surface area contributed by atoms with Crippen LogP contribution in [0.15, 0.2) is 48.6 Å². The van der Waals surface area contributed by atoms with Gasteiger partial charge < -0.3 is 21.1 Å². The number of amides is 1. The van der Waals surface area contributed by atoms with Crippen molar-refractivity contribution in [2.45, 2.75) is 180 Å². The Labute approximate surface area is 301 Å². The fraction of sp³-hybridized carbons (Fsp3) is 0.775.